The van der Waals surface area contributed by atoms with Crippen molar-refractivity contribution in [1.29, 1.82) is 0 Å². The lowest BCUT2D eigenvalue weighted by molar-refractivity contribution is -0.665. The van der Waals surface area contributed by atoms with Crippen LogP contribution < -0.4 is 9.13 Å². The Morgan fingerprint density at radius 3 is 1.57 bits per heavy atom. The Kier molecular flexibility index (Phi) is 2.57. The minimum atomic E-state index is 0.844. The Balaban J connectivity index is 1.83. The maximum absolute atomic E-state index is 3.51. The molecule has 0 amide bonds. The zero-order chi connectivity index (χ0) is 14.4. The molecular formula is C17H18N4+2. The van der Waals surface area contributed by atoms with E-state index in [1.54, 1.807) is 0 Å². The highest BCUT2D eigenvalue weighted by Gasteiger charge is 2.22. The van der Waals surface area contributed by atoms with E-state index < -0.39 is 0 Å². The zero-order valence-corrected chi connectivity index (χ0v) is 12.2. The van der Waals surface area contributed by atoms with Gasteiger partial charge in [0.1, 0.15) is 0 Å². The van der Waals surface area contributed by atoms with Crippen LogP contribution in [0.2, 0.25) is 0 Å². The summed E-state index contributed by atoms with van der Waals surface area (Å²) in [6, 6.07) is 16.8. The highest BCUT2D eigenvalue weighted by atomic mass is 15.1. The number of aromatic nitrogens is 4. The van der Waals surface area contributed by atoms with E-state index in [0.29, 0.717) is 0 Å². The maximum atomic E-state index is 3.51. The van der Waals surface area contributed by atoms with Gasteiger partial charge in [0.25, 0.3) is 11.6 Å². The first kappa shape index (κ1) is 12.1. The van der Waals surface area contributed by atoms with Crippen LogP contribution in [0.25, 0.3) is 22.1 Å². The number of nitrogens with zero attached hydrogens (tertiary/aromatic N) is 2. The van der Waals surface area contributed by atoms with Crippen molar-refractivity contribution in [3.05, 3.63) is 60.2 Å². The molecule has 0 saturated carbocycles. The van der Waals surface area contributed by atoms with Crippen molar-refractivity contribution in [3.8, 4) is 0 Å². The van der Waals surface area contributed by atoms with Gasteiger partial charge in [-0.2, -0.15) is 0 Å². The molecule has 2 aromatic heterocycles. The first-order valence-corrected chi connectivity index (χ1v) is 7.15. The summed E-state index contributed by atoms with van der Waals surface area (Å²) < 4.78 is 4.45. The minimum absolute atomic E-state index is 0.844. The fourth-order valence-corrected chi connectivity index (χ4v) is 3.00. The topological polar surface area (TPSA) is 39.3 Å². The number of benzene rings is 2. The Labute approximate surface area is 122 Å². The number of rotatable bonds is 2. The number of nitrogens with one attached hydrogen (secondary N) is 2. The van der Waals surface area contributed by atoms with E-state index in [9.17, 15) is 0 Å². The van der Waals surface area contributed by atoms with Crippen LogP contribution in [0.1, 0.15) is 11.6 Å². The van der Waals surface area contributed by atoms with Crippen molar-refractivity contribution in [2.45, 2.75) is 6.42 Å². The quantitative estimate of drug-likeness (QED) is 0.526. The van der Waals surface area contributed by atoms with Crippen molar-refractivity contribution in [2.75, 3.05) is 0 Å². The molecule has 0 bridgehead atoms. The maximum Gasteiger partial charge on any atom is 0.267 e. The Morgan fingerprint density at radius 2 is 1.14 bits per heavy atom. The van der Waals surface area contributed by atoms with E-state index >= 15 is 0 Å². The van der Waals surface area contributed by atoms with Crippen LogP contribution in [-0.2, 0) is 20.5 Å². The third kappa shape index (κ3) is 1.83. The summed E-state index contributed by atoms with van der Waals surface area (Å²) in [7, 11) is 4.22. The van der Waals surface area contributed by atoms with Crippen molar-refractivity contribution >= 4 is 22.1 Å². The van der Waals surface area contributed by atoms with Crippen LogP contribution >= 0.6 is 0 Å². The number of hydrogen-bond donors (Lipinski definition) is 2. The average molecular weight is 278 g/mol. The highest BCUT2D eigenvalue weighted by molar-refractivity contribution is 5.72. The van der Waals surface area contributed by atoms with Crippen molar-refractivity contribution in [1.82, 2.24) is 9.97 Å². The van der Waals surface area contributed by atoms with Gasteiger partial charge in [0.2, 0.25) is 0 Å². The summed E-state index contributed by atoms with van der Waals surface area (Å²) in [5.74, 6) is 2.39. The van der Waals surface area contributed by atoms with E-state index in [1.807, 2.05) is 0 Å². The molecule has 0 atom stereocenters. The first-order valence-electron chi connectivity index (χ1n) is 7.15. The molecule has 0 radical (unpaired) electrons. The molecule has 4 nitrogen and oxygen atoms in total. The number of imidazole rings is 2. The molecular weight excluding hydrogens is 260 g/mol. The van der Waals surface area contributed by atoms with Gasteiger partial charge in [-0.15, -0.1) is 0 Å². The van der Waals surface area contributed by atoms with Gasteiger partial charge in [0.15, 0.2) is 28.5 Å². The van der Waals surface area contributed by atoms with Crippen molar-refractivity contribution in [3.63, 3.8) is 0 Å². The van der Waals surface area contributed by atoms with E-state index in [0.717, 1.165) is 6.42 Å². The molecule has 0 saturated heterocycles. The van der Waals surface area contributed by atoms with Gasteiger partial charge in [0, 0.05) is 0 Å². The average Bonchev–Trinajstić information content (AvgIpc) is 2.99. The van der Waals surface area contributed by atoms with Crippen LogP contribution in [0.3, 0.4) is 0 Å². The first-order chi connectivity index (χ1) is 10.2. The summed E-state index contributed by atoms with van der Waals surface area (Å²) in [5.41, 5.74) is 4.81. The second-order valence-corrected chi connectivity index (χ2v) is 5.47. The molecule has 0 aliphatic rings. The summed E-state index contributed by atoms with van der Waals surface area (Å²) >= 11 is 0. The van der Waals surface area contributed by atoms with Gasteiger partial charge < -0.3 is 0 Å². The van der Waals surface area contributed by atoms with E-state index in [2.05, 4.69) is 81.7 Å². The Bertz CT molecular complexity index is 868. The molecule has 0 spiro atoms. The van der Waals surface area contributed by atoms with Gasteiger partial charge in [0.05, 0.1) is 14.1 Å². The standard InChI is InChI=1S/C17H16N4/c1-20-14-9-5-3-7-12(14)18-16(20)11-17-19-13-8-4-6-10-15(13)21(17)2/h3-10H,11H2,1-2H3/p+2. The van der Waals surface area contributed by atoms with Gasteiger partial charge in [-0.25, -0.2) is 19.1 Å². The van der Waals surface area contributed by atoms with Crippen LogP contribution in [-0.4, -0.2) is 9.97 Å². The molecule has 2 N–H and O–H groups in total. The monoisotopic (exact) mass is 278 g/mol. The van der Waals surface area contributed by atoms with Crippen molar-refractivity contribution in [2.24, 2.45) is 14.1 Å². The SMILES string of the molecule is C[n+]1c(Cc2[nH]c3ccccc3[n+]2C)[nH]c2ccccc21. The summed E-state index contributed by atoms with van der Waals surface area (Å²) in [5, 5.41) is 0. The number of aryl methyl sites for hydroxylation is 2. The lowest BCUT2D eigenvalue weighted by atomic mass is 10.3. The molecule has 4 rings (SSSR count). The third-order valence-corrected chi connectivity index (χ3v) is 4.23. The van der Waals surface area contributed by atoms with Crippen molar-refractivity contribution < 1.29 is 9.13 Å². The molecule has 0 unspecified atom stereocenters. The minimum Gasteiger partial charge on any atom is -0.240 e. The largest absolute Gasteiger partial charge is 0.267 e. The molecule has 21 heavy (non-hydrogen) atoms. The van der Waals surface area contributed by atoms with Gasteiger partial charge >= 0.3 is 0 Å². The van der Waals surface area contributed by atoms with E-state index in [4.69, 9.17) is 0 Å². The fraction of sp³-hybridized carbons (Fsp3) is 0.176. The van der Waals surface area contributed by atoms with E-state index in [1.165, 1.54) is 33.7 Å². The number of aromatic amines is 2. The number of fused-ring (bicyclic) bond motifs is 2. The van der Waals surface area contributed by atoms with Crippen LogP contribution in [0.5, 0.6) is 0 Å². The predicted molar refractivity (Wildman–Crippen MR) is 81.8 cm³/mol. The smallest absolute Gasteiger partial charge is 0.240 e. The van der Waals surface area contributed by atoms with E-state index in [-0.39, 0.29) is 0 Å². The van der Waals surface area contributed by atoms with Crippen LogP contribution in [0.15, 0.2) is 48.5 Å². The lowest BCUT2D eigenvalue weighted by Crippen LogP contribution is -2.36. The number of hydrogen-bond acceptors (Lipinski definition) is 0. The molecule has 4 heteroatoms. The molecule has 0 aliphatic heterocycles. The second kappa shape index (κ2) is 4.45. The van der Waals surface area contributed by atoms with Gasteiger partial charge in [-0.1, -0.05) is 24.3 Å². The zero-order valence-electron chi connectivity index (χ0n) is 12.2. The Hall–Kier alpha value is -2.62. The lowest BCUT2D eigenvalue weighted by Gasteiger charge is -1.93. The Morgan fingerprint density at radius 1 is 0.714 bits per heavy atom. The van der Waals surface area contributed by atoms with Crippen LogP contribution in [0, 0.1) is 0 Å². The third-order valence-electron chi connectivity index (χ3n) is 4.23. The molecule has 0 aliphatic carbocycles. The molecule has 104 valence electrons. The van der Waals surface area contributed by atoms with Gasteiger partial charge in [-0.3, -0.25) is 0 Å². The van der Waals surface area contributed by atoms with Crippen LogP contribution in [0.4, 0.5) is 0 Å². The molecule has 0 fully saturated rings. The summed E-state index contributed by atoms with van der Waals surface area (Å²) in [6.07, 6.45) is 0.844. The normalized spacial score (nSPS) is 11.5. The summed E-state index contributed by atoms with van der Waals surface area (Å²) in [6.45, 7) is 0. The predicted octanol–water partition coefficient (Wildman–Crippen LogP) is 1.89. The summed E-state index contributed by atoms with van der Waals surface area (Å²) in [4.78, 5) is 7.03. The molecule has 4 aromatic rings. The molecule has 2 heterocycles. The van der Waals surface area contributed by atoms with Gasteiger partial charge in [-0.05, 0) is 24.3 Å². The molecule has 2 aromatic carbocycles. The second-order valence-electron chi connectivity index (χ2n) is 5.47. The fourth-order valence-electron chi connectivity index (χ4n) is 3.00. The highest BCUT2D eigenvalue weighted by Crippen LogP contribution is 2.12. The number of para-hydroxylation sites is 4. The number of H-pyrrole nitrogens is 2.